The predicted molar refractivity (Wildman–Crippen MR) is 114 cm³/mol. The summed E-state index contributed by atoms with van der Waals surface area (Å²) in [5.74, 6) is -0.736. The van der Waals surface area contributed by atoms with Crippen molar-refractivity contribution in [1.82, 2.24) is 14.8 Å². The van der Waals surface area contributed by atoms with Gasteiger partial charge >= 0.3 is 6.03 Å². The van der Waals surface area contributed by atoms with Crippen molar-refractivity contribution in [2.75, 3.05) is 5.32 Å². The maximum atomic E-state index is 14.0. The summed E-state index contributed by atoms with van der Waals surface area (Å²) in [6.07, 6.45) is 3.73. The molecule has 1 aromatic carbocycles. The van der Waals surface area contributed by atoms with Gasteiger partial charge in [0.25, 0.3) is 0 Å². The molecular weight excluding hydrogens is 405 g/mol. The third-order valence-corrected chi connectivity index (χ3v) is 6.11. The van der Waals surface area contributed by atoms with Crippen LogP contribution in [-0.2, 0) is 30.0 Å². The highest BCUT2D eigenvalue weighted by atomic mass is 32.2. The number of rotatable bonds is 4. The maximum Gasteiger partial charge on any atom is 0.353 e. The molecule has 1 aliphatic rings. The van der Waals surface area contributed by atoms with E-state index < -0.39 is 22.4 Å². The van der Waals surface area contributed by atoms with Crippen LogP contribution in [0.3, 0.4) is 0 Å². The molecule has 2 aromatic heterocycles. The largest absolute Gasteiger partial charge is 0.353 e. The van der Waals surface area contributed by atoms with Crippen molar-refractivity contribution in [2.45, 2.75) is 44.7 Å². The number of thiol groups is 1. The van der Waals surface area contributed by atoms with E-state index in [1.54, 1.807) is 6.92 Å². The molecule has 1 atom stereocenters. The molecule has 0 spiro atoms. The van der Waals surface area contributed by atoms with Gasteiger partial charge in [-0.05, 0) is 44.2 Å². The first-order valence-corrected chi connectivity index (χ1v) is 11.0. The third kappa shape index (κ3) is 3.85. The van der Waals surface area contributed by atoms with Gasteiger partial charge in [-0.15, -0.1) is 4.36 Å². The van der Waals surface area contributed by atoms with E-state index in [0.29, 0.717) is 12.2 Å². The molecule has 1 unspecified atom stereocenters. The Morgan fingerprint density at radius 2 is 2.07 bits per heavy atom. The molecule has 30 heavy (non-hydrogen) atoms. The first-order valence-electron chi connectivity index (χ1n) is 9.78. The Bertz CT molecular complexity index is 1200. The van der Waals surface area contributed by atoms with E-state index in [1.807, 2.05) is 37.3 Å². The minimum Gasteiger partial charge on any atom is -0.305 e. The van der Waals surface area contributed by atoms with Gasteiger partial charge in [0.1, 0.15) is 0 Å². The highest BCUT2D eigenvalue weighted by molar-refractivity contribution is 7.75. The van der Waals surface area contributed by atoms with E-state index in [-0.39, 0.29) is 5.03 Å². The van der Waals surface area contributed by atoms with Crippen molar-refractivity contribution in [1.29, 1.82) is 0 Å². The van der Waals surface area contributed by atoms with Gasteiger partial charge in [0.15, 0.2) is 10.8 Å². The van der Waals surface area contributed by atoms with Crippen LogP contribution in [0.1, 0.15) is 30.3 Å². The van der Waals surface area contributed by atoms with E-state index in [1.165, 1.54) is 4.68 Å². The lowest BCUT2D eigenvalue weighted by Gasteiger charge is -2.17. The number of carbonyl (C=O) groups excluding carboxylic acids is 1. The van der Waals surface area contributed by atoms with Crippen molar-refractivity contribution < 1.29 is 13.4 Å². The van der Waals surface area contributed by atoms with Crippen LogP contribution in [-0.4, -0.2) is 25.0 Å². The molecular formula is C21H22FN5O2S. The highest BCUT2D eigenvalue weighted by Gasteiger charge is 2.24. The molecule has 0 fully saturated rings. The Hall–Kier alpha value is -3.07. The molecule has 2 heterocycles. The summed E-state index contributed by atoms with van der Waals surface area (Å²) in [4.78, 5) is 17.4. The van der Waals surface area contributed by atoms with Crippen molar-refractivity contribution >= 4 is 22.3 Å². The van der Waals surface area contributed by atoms with E-state index in [9.17, 15) is 13.4 Å². The molecule has 0 aliphatic heterocycles. The van der Waals surface area contributed by atoms with Crippen molar-refractivity contribution in [3.05, 3.63) is 59.3 Å². The summed E-state index contributed by atoms with van der Waals surface area (Å²) >= 11 is 0. The van der Waals surface area contributed by atoms with Gasteiger partial charge < -0.3 is 5.32 Å². The quantitative estimate of drug-likeness (QED) is 0.612. The monoisotopic (exact) mass is 427 g/mol. The summed E-state index contributed by atoms with van der Waals surface area (Å²) in [5, 5.41) is 6.39. The predicted octanol–water partition coefficient (Wildman–Crippen LogP) is 4.16. The van der Waals surface area contributed by atoms with Crippen molar-refractivity contribution in [3.8, 4) is 11.1 Å². The first-order chi connectivity index (χ1) is 14.5. The number of hydrogen-bond acceptors (Lipinski definition) is 4. The highest BCUT2D eigenvalue weighted by Crippen LogP contribution is 2.38. The zero-order valence-corrected chi connectivity index (χ0v) is 17.6. The fourth-order valence-corrected chi connectivity index (χ4v) is 4.49. The van der Waals surface area contributed by atoms with Gasteiger partial charge in [0, 0.05) is 23.5 Å². The number of halogens is 1. The second-order valence-corrected chi connectivity index (χ2v) is 8.22. The van der Waals surface area contributed by atoms with Crippen LogP contribution in [0.4, 0.5) is 14.9 Å². The Balaban J connectivity index is 1.73. The fraction of sp³-hybridized carbons (Fsp3) is 0.286. The zero-order valence-electron chi connectivity index (χ0n) is 16.7. The number of fused-ring (bicyclic) bond motifs is 1. The van der Waals surface area contributed by atoms with Crippen molar-refractivity contribution in [3.63, 3.8) is 0 Å². The smallest absolute Gasteiger partial charge is 0.305 e. The van der Waals surface area contributed by atoms with Gasteiger partial charge in [-0.1, -0.05) is 30.3 Å². The number of anilines is 1. The average Bonchev–Trinajstić information content (AvgIpc) is 3.34. The molecule has 2 amide bonds. The van der Waals surface area contributed by atoms with Crippen molar-refractivity contribution in [2.24, 2.45) is 4.36 Å². The maximum absolute atomic E-state index is 14.0. The lowest BCUT2D eigenvalue weighted by molar-refractivity contribution is 0.260. The number of aryl methyl sites for hydroxylation is 3. The number of benzene rings is 1. The third-order valence-electron chi connectivity index (χ3n) is 5.09. The number of amides is 2. The van der Waals surface area contributed by atoms with Gasteiger partial charge in [-0.25, -0.2) is 13.4 Å². The SMILES string of the molecule is CCn1cc(F)c(/[SH](=O)=N/C(=O)Nc2c3c(nc(C)c2-c2ccccc2)CCC3)n1. The van der Waals surface area contributed by atoms with Gasteiger partial charge in [0.05, 0.1) is 22.5 Å². The number of urea groups is 1. The lowest BCUT2D eigenvalue weighted by atomic mass is 9.98. The summed E-state index contributed by atoms with van der Waals surface area (Å²) in [6.45, 7) is 4.11. The number of nitrogens with zero attached hydrogens (tertiary/aromatic N) is 4. The topological polar surface area (TPSA) is 89.2 Å². The molecule has 0 bridgehead atoms. The molecule has 7 nitrogen and oxygen atoms in total. The second kappa shape index (κ2) is 8.35. The fourth-order valence-electron chi connectivity index (χ4n) is 3.75. The average molecular weight is 428 g/mol. The van der Waals surface area contributed by atoms with Crippen LogP contribution in [0.25, 0.3) is 11.1 Å². The molecule has 1 N–H and O–H groups in total. The number of aromatic nitrogens is 3. The molecule has 1 aliphatic carbocycles. The molecule has 0 saturated carbocycles. The molecule has 3 aromatic rings. The number of hydrogen-bond donors (Lipinski definition) is 2. The minimum absolute atomic E-state index is 0.318. The summed E-state index contributed by atoms with van der Waals surface area (Å²) in [5.41, 5.74) is 5.10. The Morgan fingerprint density at radius 3 is 2.77 bits per heavy atom. The van der Waals surface area contributed by atoms with Crippen LogP contribution in [0, 0.1) is 12.7 Å². The van der Waals surface area contributed by atoms with E-state index >= 15 is 0 Å². The summed E-state index contributed by atoms with van der Waals surface area (Å²) in [6, 6.07) is 8.86. The zero-order chi connectivity index (χ0) is 21.3. The lowest BCUT2D eigenvalue weighted by Crippen LogP contribution is -2.12. The summed E-state index contributed by atoms with van der Waals surface area (Å²) in [7, 11) is -2.65. The van der Waals surface area contributed by atoms with Gasteiger partial charge in [-0.2, -0.15) is 5.10 Å². The van der Waals surface area contributed by atoms with E-state index in [0.717, 1.165) is 53.5 Å². The number of nitrogens with one attached hydrogen (secondary N) is 1. The Morgan fingerprint density at radius 1 is 1.30 bits per heavy atom. The Labute approximate surface area is 175 Å². The molecule has 0 saturated heterocycles. The van der Waals surface area contributed by atoms with E-state index in [4.69, 9.17) is 4.98 Å². The van der Waals surface area contributed by atoms with Gasteiger partial charge in [0.2, 0.25) is 0 Å². The van der Waals surface area contributed by atoms with Crippen LogP contribution < -0.4 is 5.32 Å². The van der Waals surface area contributed by atoms with E-state index in [2.05, 4.69) is 14.8 Å². The van der Waals surface area contributed by atoms with Gasteiger partial charge in [-0.3, -0.25) is 9.67 Å². The normalized spacial score (nSPS) is 14.0. The minimum atomic E-state index is -2.65. The van der Waals surface area contributed by atoms with Crippen LogP contribution in [0.15, 0.2) is 45.9 Å². The number of pyridine rings is 1. The molecule has 4 rings (SSSR count). The molecule has 9 heteroatoms. The number of carbonyl (C=O) groups is 1. The standard InChI is InChI=1S/C21H22FN5O2S/c1-3-27-12-16(22)20(25-27)30(29)26-21(28)24-19-15-10-7-11-17(15)23-13(2)18(19)14-8-5-4-6-9-14/h4-6,8-9,12,30H,3,7,10-11H2,1-2H3,(H,23,24,28). The van der Waals surface area contributed by atoms with Crippen LogP contribution >= 0.6 is 0 Å². The molecule has 0 radical (unpaired) electrons. The Kier molecular flexibility index (Phi) is 5.63. The van der Waals surface area contributed by atoms with Crippen LogP contribution in [0.5, 0.6) is 0 Å². The van der Waals surface area contributed by atoms with Crippen LogP contribution in [0.2, 0.25) is 0 Å². The second-order valence-electron chi connectivity index (χ2n) is 7.05. The molecule has 156 valence electrons. The first kappa shape index (κ1) is 20.2. The summed E-state index contributed by atoms with van der Waals surface area (Å²) < 4.78 is 31.4.